The van der Waals surface area contributed by atoms with Crippen molar-refractivity contribution >= 4 is 5.97 Å². The highest BCUT2D eigenvalue weighted by atomic mass is 16.5. The van der Waals surface area contributed by atoms with E-state index < -0.39 is 0 Å². The van der Waals surface area contributed by atoms with E-state index >= 15 is 0 Å². The van der Waals surface area contributed by atoms with Gasteiger partial charge in [-0.15, -0.1) is 0 Å². The molecular formula is C29H32O2. The van der Waals surface area contributed by atoms with Crippen molar-refractivity contribution in [2.45, 2.75) is 46.5 Å². The lowest BCUT2D eigenvalue weighted by molar-refractivity contribution is -0.137. The average molecular weight is 413 g/mol. The summed E-state index contributed by atoms with van der Waals surface area (Å²) < 4.78 is 5.17. The normalized spacial score (nSPS) is 10.7. The van der Waals surface area contributed by atoms with Gasteiger partial charge in [0.25, 0.3) is 0 Å². The number of hydrogen-bond acceptors (Lipinski definition) is 2. The van der Waals surface area contributed by atoms with E-state index in [4.69, 9.17) is 4.74 Å². The largest absolute Gasteiger partial charge is 0.462 e. The van der Waals surface area contributed by atoms with Crippen molar-refractivity contribution in [2.75, 3.05) is 6.61 Å². The molecule has 0 fully saturated rings. The van der Waals surface area contributed by atoms with Crippen LogP contribution >= 0.6 is 0 Å². The summed E-state index contributed by atoms with van der Waals surface area (Å²) in [5.74, 6) is -0.372. The third-order valence-electron chi connectivity index (χ3n) is 5.82. The minimum absolute atomic E-state index is 0.369. The van der Waals surface area contributed by atoms with E-state index in [1.165, 1.54) is 50.6 Å². The first kappa shape index (κ1) is 22.6. The Morgan fingerprint density at radius 2 is 1.58 bits per heavy atom. The van der Waals surface area contributed by atoms with Crippen LogP contribution in [0.4, 0.5) is 0 Å². The number of rotatable bonds is 9. The predicted octanol–water partition coefficient (Wildman–Crippen LogP) is 6.59. The second-order valence-electron chi connectivity index (χ2n) is 8.09. The summed E-state index contributed by atoms with van der Waals surface area (Å²) in [5, 5.41) is 0. The third kappa shape index (κ3) is 6.18. The van der Waals surface area contributed by atoms with Crippen LogP contribution in [0.2, 0.25) is 0 Å². The van der Waals surface area contributed by atoms with E-state index in [1.54, 1.807) is 0 Å². The van der Waals surface area contributed by atoms with Gasteiger partial charge in [-0.25, -0.2) is 4.79 Å². The average Bonchev–Trinajstić information content (AvgIpc) is 2.79. The topological polar surface area (TPSA) is 26.3 Å². The van der Waals surface area contributed by atoms with Crippen LogP contribution < -0.4 is 0 Å². The van der Waals surface area contributed by atoms with Crippen LogP contribution in [-0.4, -0.2) is 12.6 Å². The highest BCUT2D eigenvalue weighted by Crippen LogP contribution is 2.28. The first-order chi connectivity index (χ1) is 15.0. The molecule has 0 aliphatic carbocycles. The van der Waals surface area contributed by atoms with Gasteiger partial charge < -0.3 is 4.74 Å². The summed E-state index contributed by atoms with van der Waals surface area (Å²) in [6, 6.07) is 22.3. The lowest BCUT2D eigenvalue weighted by Crippen LogP contribution is -2.05. The third-order valence-corrected chi connectivity index (χ3v) is 5.82. The maximum absolute atomic E-state index is 11.3. The maximum atomic E-state index is 11.3. The highest BCUT2D eigenvalue weighted by Gasteiger charge is 2.09. The van der Waals surface area contributed by atoms with Crippen molar-refractivity contribution in [1.82, 2.24) is 0 Å². The van der Waals surface area contributed by atoms with Gasteiger partial charge in [0.05, 0.1) is 6.61 Å². The minimum atomic E-state index is -0.372. The summed E-state index contributed by atoms with van der Waals surface area (Å²) in [6.07, 6.45) is 5.01. The Hall–Kier alpha value is -3.13. The van der Waals surface area contributed by atoms with E-state index in [0.717, 1.165) is 19.3 Å². The zero-order chi connectivity index (χ0) is 22.2. The van der Waals surface area contributed by atoms with Gasteiger partial charge in [-0.3, -0.25) is 0 Å². The number of hydrogen-bond donors (Lipinski definition) is 0. The molecule has 0 amide bonds. The second-order valence-corrected chi connectivity index (χ2v) is 8.09. The van der Waals surface area contributed by atoms with Crippen LogP contribution in [0.25, 0.3) is 11.1 Å². The fourth-order valence-corrected chi connectivity index (χ4v) is 3.85. The van der Waals surface area contributed by atoms with E-state index in [2.05, 4.69) is 88.0 Å². The number of ether oxygens (including phenoxy) is 1. The van der Waals surface area contributed by atoms with Gasteiger partial charge in [0.2, 0.25) is 0 Å². The monoisotopic (exact) mass is 412 g/mol. The van der Waals surface area contributed by atoms with Gasteiger partial charge in [0.1, 0.15) is 0 Å². The zero-order valence-corrected chi connectivity index (χ0v) is 18.9. The molecule has 0 bridgehead atoms. The number of benzene rings is 3. The molecule has 0 heterocycles. The Morgan fingerprint density at radius 1 is 0.871 bits per heavy atom. The Morgan fingerprint density at radius 3 is 2.29 bits per heavy atom. The Balaban J connectivity index is 1.75. The first-order valence-corrected chi connectivity index (χ1v) is 11.1. The van der Waals surface area contributed by atoms with Gasteiger partial charge >= 0.3 is 5.97 Å². The molecule has 0 saturated heterocycles. The Kier molecular flexibility index (Phi) is 7.83. The molecule has 0 N–H and O–H groups in total. The van der Waals surface area contributed by atoms with Crippen molar-refractivity contribution in [1.29, 1.82) is 0 Å². The quantitative estimate of drug-likeness (QED) is 0.293. The minimum Gasteiger partial charge on any atom is -0.462 e. The van der Waals surface area contributed by atoms with Gasteiger partial charge in [-0.1, -0.05) is 79.7 Å². The number of esters is 1. The standard InChI is InChI=1S/C29H32O2/c1-5-25-19-24(13-12-23-10-7-21(3)8-11-23)14-16-28(25)27-15-9-22(4)26(20-27)17-18-31-29(30)6-2/h6-11,14-16,19-20H,2,5,12-13,17-18H2,1,3-4H3. The zero-order valence-electron chi connectivity index (χ0n) is 18.9. The molecule has 160 valence electrons. The number of carbonyl (C=O) groups excluding carboxylic acids is 1. The summed E-state index contributed by atoms with van der Waals surface area (Å²) in [6.45, 7) is 10.3. The van der Waals surface area contributed by atoms with Crippen LogP contribution in [0.1, 0.15) is 40.3 Å². The van der Waals surface area contributed by atoms with Crippen LogP contribution in [0.3, 0.4) is 0 Å². The summed E-state index contributed by atoms with van der Waals surface area (Å²) in [5.41, 5.74) is 10.4. The molecule has 0 atom stereocenters. The molecule has 0 aliphatic rings. The lowest BCUT2D eigenvalue weighted by atomic mass is 9.92. The van der Waals surface area contributed by atoms with E-state index in [0.29, 0.717) is 13.0 Å². The number of carbonyl (C=O) groups is 1. The fourth-order valence-electron chi connectivity index (χ4n) is 3.85. The van der Waals surface area contributed by atoms with Crippen LogP contribution in [0, 0.1) is 13.8 Å². The molecule has 2 heteroatoms. The second kappa shape index (κ2) is 10.8. The van der Waals surface area contributed by atoms with Crippen molar-refractivity contribution in [3.63, 3.8) is 0 Å². The fraction of sp³-hybridized carbons (Fsp3) is 0.276. The molecular weight excluding hydrogens is 380 g/mol. The lowest BCUT2D eigenvalue weighted by Gasteiger charge is -2.14. The molecule has 0 saturated carbocycles. The van der Waals surface area contributed by atoms with Crippen LogP contribution in [-0.2, 0) is 35.2 Å². The van der Waals surface area contributed by atoms with Gasteiger partial charge in [0.15, 0.2) is 0 Å². The molecule has 0 aliphatic heterocycles. The van der Waals surface area contributed by atoms with Gasteiger partial charge in [-0.2, -0.15) is 0 Å². The highest BCUT2D eigenvalue weighted by molar-refractivity contribution is 5.81. The summed E-state index contributed by atoms with van der Waals surface area (Å²) in [4.78, 5) is 11.3. The molecule has 0 unspecified atom stereocenters. The Bertz CT molecular complexity index is 1040. The van der Waals surface area contributed by atoms with Crippen molar-refractivity contribution in [3.8, 4) is 11.1 Å². The van der Waals surface area contributed by atoms with Crippen molar-refractivity contribution in [3.05, 3.63) is 107 Å². The van der Waals surface area contributed by atoms with E-state index in [1.807, 2.05) is 0 Å². The Labute approximate surface area is 186 Å². The molecule has 0 aromatic heterocycles. The molecule has 31 heavy (non-hydrogen) atoms. The molecule has 3 aromatic rings. The molecule has 3 rings (SSSR count). The first-order valence-electron chi connectivity index (χ1n) is 11.1. The van der Waals surface area contributed by atoms with Crippen LogP contribution in [0.5, 0.6) is 0 Å². The van der Waals surface area contributed by atoms with E-state index in [-0.39, 0.29) is 5.97 Å². The SMILES string of the molecule is C=CC(=O)OCCc1cc(-c2ccc(CCc3ccc(C)cc3)cc2CC)ccc1C. The van der Waals surface area contributed by atoms with Crippen LogP contribution in [0.15, 0.2) is 73.3 Å². The van der Waals surface area contributed by atoms with E-state index in [9.17, 15) is 4.79 Å². The maximum Gasteiger partial charge on any atom is 0.330 e. The number of aryl methyl sites for hydroxylation is 5. The molecule has 0 radical (unpaired) electrons. The summed E-state index contributed by atoms with van der Waals surface area (Å²) >= 11 is 0. The summed E-state index contributed by atoms with van der Waals surface area (Å²) in [7, 11) is 0. The van der Waals surface area contributed by atoms with Crippen molar-refractivity contribution < 1.29 is 9.53 Å². The molecule has 0 spiro atoms. The molecule has 3 aromatic carbocycles. The van der Waals surface area contributed by atoms with Gasteiger partial charge in [-0.05, 0) is 72.1 Å². The van der Waals surface area contributed by atoms with Gasteiger partial charge in [0, 0.05) is 12.5 Å². The molecule has 2 nitrogen and oxygen atoms in total. The smallest absolute Gasteiger partial charge is 0.330 e. The van der Waals surface area contributed by atoms with Crippen molar-refractivity contribution in [2.24, 2.45) is 0 Å². The predicted molar refractivity (Wildman–Crippen MR) is 129 cm³/mol.